The monoisotopic (exact) mass is 419 g/mol. The molecule has 7 heteroatoms. The van der Waals surface area contributed by atoms with E-state index in [1.54, 1.807) is 29.0 Å². The summed E-state index contributed by atoms with van der Waals surface area (Å²) in [5.74, 6) is 0.688. The van der Waals surface area contributed by atoms with E-state index in [9.17, 15) is 9.59 Å². The molecule has 0 atom stereocenters. The van der Waals surface area contributed by atoms with Gasteiger partial charge in [-0.3, -0.25) is 14.2 Å². The fourth-order valence-electron chi connectivity index (χ4n) is 3.05. The van der Waals surface area contributed by atoms with E-state index >= 15 is 0 Å². The standard InChI is InChI=1S/C23H21N3O3S/c1-16-8-10-17(11-9-16)14-26-22(28)19-6-2-3-7-20(19)25-23(26)30-15-21(27)24-13-18-5-4-12-29-18/h2-12H,13-15H2,1H3,(H,24,27). The van der Waals surface area contributed by atoms with Gasteiger partial charge in [0, 0.05) is 0 Å². The summed E-state index contributed by atoms with van der Waals surface area (Å²) in [4.78, 5) is 30.1. The van der Waals surface area contributed by atoms with E-state index in [1.807, 2.05) is 49.4 Å². The van der Waals surface area contributed by atoms with Crippen LogP contribution in [0.15, 0.2) is 81.3 Å². The fraction of sp³-hybridized carbons (Fsp3) is 0.174. The molecule has 0 spiro atoms. The molecule has 1 N–H and O–H groups in total. The first kappa shape index (κ1) is 20.0. The minimum Gasteiger partial charge on any atom is -0.467 e. The van der Waals surface area contributed by atoms with E-state index in [0.717, 1.165) is 11.1 Å². The highest BCUT2D eigenvalue weighted by atomic mass is 32.2. The van der Waals surface area contributed by atoms with Crippen LogP contribution in [0.5, 0.6) is 0 Å². The minimum atomic E-state index is -0.152. The van der Waals surface area contributed by atoms with Crippen LogP contribution < -0.4 is 10.9 Å². The van der Waals surface area contributed by atoms with E-state index in [-0.39, 0.29) is 17.2 Å². The molecular weight excluding hydrogens is 398 g/mol. The molecule has 152 valence electrons. The van der Waals surface area contributed by atoms with Crippen molar-refractivity contribution in [3.8, 4) is 0 Å². The minimum absolute atomic E-state index is 0.111. The lowest BCUT2D eigenvalue weighted by molar-refractivity contribution is -0.118. The molecule has 2 aromatic heterocycles. The van der Waals surface area contributed by atoms with Gasteiger partial charge in [0.25, 0.3) is 5.56 Å². The first-order chi connectivity index (χ1) is 14.6. The molecular formula is C23H21N3O3S. The Balaban J connectivity index is 1.57. The summed E-state index contributed by atoms with van der Waals surface area (Å²) >= 11 is 1.25. The van der Waals surface area contributed by atoms with Crippen LogP contribution in [0.25, 0.3) is 10.9 Å². The number of benzene rings is 2. The Hall–Kier alpha value is -3.32. The SMILES string of the molecule is Cc1ccc(Cn2c(SCC(=O)NCc3ccco3)nc3ccccc3c2=O)cc1. The zero-order valence-electron chi connectivity index (χ0n) is 16.5. The number of fused-ring (bicyclic) bond motifs is 1. The Bertz CT molecular complexity index is 1210. The lowest BCUT2D eigenvalue weighted by atomic mass is 10.1. The molecule has 2 aromatic carbocycles. The molecule has 0 aliphatic rings. The van der Waals surface area contributed by atoms with Gasteiger partial charge in [0.05, 0.1) is 36.0 Å². The maximum Gasteiger partial charge on any atom is 0.262 e. The molecule has 2 heterocycles. The van der Waals surface area contributed by atoms with Gasteiger partial charge < -0.3 is 9.73 Å². The van der Waals surface area contributed by atoms with Crippen molar-refractivity contribution >= 4 is 28.6 Å². The number of hydrogen-bond acceptors (Lipinski definition) is 5. The van der Waals surface area contributed by atoms with Crippen LogP contribution in [0.2, 0.25) is 0 Å². The molecule has 0 saturated carbocycles. The number of carbonyl (C=O) groups excluding carboxylic acids is 1. The second-order valence-corrected chi connectivity index (χ2v) is 7.88. The summed E-state index contributed by atoms with van der Waals surface area (Å²) in [7, 11) is 0. The van der Waals surface area contributed by atoms with Gasteiger partial charge in [-0.1, -0.05) is 53.7 Å². The third-order valence-electron chi connectivity index (χ3n) is 4.66. The van der Waals surface area contributed by atoms with Crippen LogP contribution >= 0.6 is 11.8 Å². The van der Waals surface area contributed by atoms with E-state index in [2.05, 4.69) is 10.3 Å². The van der Waals surface area contributed by atoms with Crippen LogP contribution in [0.1, 0.15) is 16.9 Å². The molecule has 0 fully saturated rings. The first-order valence-corrected chi connectivity index (χ1v) is 10.6. The van der Waals surface area contributed by atoms with Crippen molar-refractivity contribution in [2.75, 3.05) is 5.75 Å². The fourth-order valence-corrected chi connectivity index (χ4v) is 3.88. The molecule has 6 nitrogen and oxygen atoms in total. The van der Waals surface area contributed by atoms with Gasteiger partial charge in [-0.15, -0.1) is 0 Å². The Morgan fingerprint density at radius 2 is 1.90 bits per heavy atom. The van der Waals surface area contributed by atoms with Gasteiger partial charge in [0.15, 0.2) is 5.16 Å². The molecule has 0 aliphatic carbocycles. The summed E-state index contributed by atoms with van der Waals surface area (Å²) in [5.41, 5.74) is 2.68. The summed E-state index contributed by atoms with van der Waals surface area (Å²) < 4.78 is 6.86. The lowest BCUT2D eigenvalue weighted by Crippen LogP contribution is -2.27. The van der Waals surface area contributed by atoms with Crippen molar-refractivity contribution in [1.29, 1.82) is 0 Å². The number of para-hydroxylation sites is 1. The number of hydrogen-bond donors (Lipinski definition) is 1. The van der Waals surface area contributed by atoms with E-state index in [0.29, 0.717) is 34.9 Å². The predicted molar refractivity (Wildman–Crippen MR) is 118 cm³/mol. The molecule has 1 amide bonds. The second-order valence-electron chi connectivity index (χ2n) is 6.93. The quantitative estimate of drug-likeness (QED) is 0.365. The van der Waals surface area contributed by atoms with Crippen molar-refractivity contribution in [2.45, 2.75) is 25.2 Å². The molecule has 4 rings (SSSR count). The van der Waals surface area contributed by atoms with Crippen LogP contribution in [0, 0.1) is 6.92 Å². The third kappa shape index (κ3) is 4.63. The van der Waals surface area contributed by atoms with Crippen LogP contribution in [-0.2, 0) is 17.9 Å². The number of nitrogens with zero attached hydrogens (tertiary/aromatic N) is 2. The number of aryl methyl sites for hydroxylation is 1. The number of amides is 1. The van der Waals surface area contributed by atoms with E-state index in [1.165, 1.54) is 11.8 Å². The molecule has 0 unspecified atom stereocenters. The highest BCUT2D eigenvalue weighted by molar-refractivity contribution is 7.99. The number of furan rings is 1. The predicted octanol–water partition coefficient (Wildman–Crippen LogP) is 3.75. The van der Waals surface area contributed by atoms with Crippen molar-refractivity contribution in [3.05, 3.63) is 94.2 Å². The van der Waals surface area contributed by atoms with Gasteiger partial charge in [0.1, 0.15) is 5.76 Å². The normalized spacial score (nSPS) is 11.0. The Morgan fingerprint density at radius 3 is 2.67 bits per heavy atom. The third-order valence-corrected chi connectivity index (χ3v) is 5.64. The van der Waals surface area contributed by atoms with Gasteiger partial charge in [-0.25, -0.2) is 4.98 Å². The van der Waals surface area contributed by atoms with Gasteiger partial charge in [0.2, 0.25) is 5.91 Å². The summed E-state index contributed by atoms with van der Waals surface area (Å²) in [5, 5.41) is 3.90. The van der Waals surface area contributed by atoms with Crippen molar-refractivity contribution in [3.63, 3.8) is 0 Å². The molecule has 0 radical (unpaired) electrons. The van der Waals surface area contributed by atoms with Crippen LogP contribution in [-0.4, -0.2) is 21.2 Å². The number of nitrogens with one attached hydrogen (secondary N) is 1. The topological polar surface area (TPSA) is 77.1 Å². The van der Waals surface area contributed by atoms with Crippen LogP contribution in [0.4, 0.5) is 0 Å². The Kier molecular flexibility index (Phi) is 5.99. The van der Waals surface area contributed by atoms with Gasteiger partial charge in [-0.2, -0.15) is 0 Å². The zero-order valence-corrected chi connectivity index (χ0v) is 17.3. The molecule has 0 saturated heterocycles. The highest BCUT2D eigenvalue weighted by Gasteiger charge is 2.14. The van der Waals surface area contributed by atoms with E-state index in [4.69, 9.17) is 4.42 Å². The van der Waals surface area contributed by atoms with E-state index < -0.39 is 0 Å². The van der Waals surface area contributed by atoms with Crippen molar-refractivity contribution in [1.82, 2.24) is 14.9 Å². The average molecular weight is 420 g/mol. The average Bonchev–Trinajstić information content (AvgIpc) is 3.28. The van der Waals surface area contributed by atoms with Gasteiger partial charge >= 0.3 is 0 Å². The Labute approximate surface area is 177 Å². The maximum atomic E-state index is 13.1. The summed E-state index contributed by atoms with van der Waals surface area (Å²) in [6, 6.07) is 18.9. The molecule has 0 bridgehead atoms. The van der Waals surface area contributed by atoms with Crippen molar-refractivity contribution in [2.24, 2.45) is 0 Å². The second kappa shape index (κ2) is 9.00. The zero-order chi connectivity index (χ0) is 20.9. The largest absolute Gasteiger partial charge is 0.467 e. The smallest absolute Gasteiger partial charge is 0.262 e. The lowest BCUT2D eigenvalue weighted by Gasteiger charge is -2.13. The Morgan fingerprint density at radius 1 is 1.10 bits per heavy atom. The summed E-state index contributed by atoms with van der Waals surface area (Å²) in [6.07, 6.45) is 1.57. The molecule has 0 aliphatic heterocycles. The first-order valence-electron chi connectivity index (χ1n) is 9.57. The van der Waals surface area contributed by atoms with Gasteiger partial charge in [-0.05, 0) is 36.8 Å². The number of rotatable bonds is 7. The number of carbonyl (C=O) groups is 1. The molecule has 30 heavy (non-hydrogen) atoms. The summed E-state index contributed by atoms with van der Waals surface area (Å²) in [6.45, 7) is 2.75. The van der Waals surface area contributed by atoms with Crippen molar-refractivity contribution < 1.29 is 9.21 Å². The molecule has 4 aromatic rings. The van der Waals surface area contributed by atoms with Crippen LogP contribution in [0.3, 0.4) is 0 Å². The highest BCUT2D eigenvalue weighted by Crippen LogP contribution is 2.19. The number of aromatic nitrogens is 2. The number of thioether (sulfide) groups is 1. The maximum absolute atomic E-state index is 13.1.